The maximum atomic E-state index is 13.4. The summed E-state index contributed by atoms with van der Waals surface area (Å²) in [4.78, 5) is -0.506. The second kappa shape index (κ2) is 7.95. The number of sulfone groups is 1. The number of rotatable bonds is 5. The molecular weight excluding hydrogens is 488 g/mol. The van der Waals surface area contributed by atoms with Crippen LogP contribution in [0.15, 0.2) is 35.2 Å². The van der Waals surface area contributed by atoms with Crippen LogP contribution in [0.5, 0.6) is 0 Å². The second-order valence-corrected chi connectivity index (χ2v) is 11.7. The standard InChI is InChI=1S/C21H23F6N3O3S/c1-18(34(31,32)14-4-2-3-13(9-14)20(22,23)24)7-8-33-16(11-18)15-10-17(21(25,26)27)29-30(15)12-19(28)5-6-19/h2-4,9-10,16H,5-8,11-12,28H2,1H3. The molecule has 1 aromatic heterocycles. The fraction of sp³-hybridized carbons (Fsp3) is 0.571. The fourth-order valence-corrected chi connectivity index (χ4v) is 5.93. The van der Waals surface area contributed by atoms with Gasteiger partial charge in [0.1, 0.15) is 6.10 Å². The summed E-state index contributed by atoms with van der Waals surface area (Å²) in [5.74, 6) is 0. The average Bonchev–Trinajstić information content (AvgIpc) is 3.29. The van der Waals surface area contributed by atoms with Crippen LogP contribution in [0.3, 0.4) is 0 Å². The lowest BCUT2D eigenvalue weighted by atomic mass is 9.94. The first-order chi connectivity index (χ1) is 15.5. The second-order valence-electron chi connectivity index (χ2n) is 9.26. The fourth-order valence-electron chi connectivity index (χ4n) is 4.10. The first-order valence-corrected chi connectivity index (χ1v) is 12.0. The van der Waals surface area contributed by atoms with Crippen molar-refractivity contribution in [3.63, 3.8) is 0 Å². The summed E-state index contributed by atoms with van der Waals surface area (Å²) in [6.45, 7) is 1.27. The van der Waals surface area contributed by atoms with Gasteiger partial charge in [0.2, 0.25) is 0 Å². The molecule has 13 heteroatoms. The van der Waals surface area contributed by atoms with Crippen LogP contribution < -0.4 is 5.73 Å². The van der Waals surface area contributed by atoms with Crippen LogP contribution >= 0.6 is 0 Å². The third kappa shape index (κ3) is 4.69. The Balaban J connectivity index is 1.69. The van der Waals surface area contributed by atoms with Gasteiger partial charge in [0.25, 0.3) is 0 Å². The highest BCUT2D eigenvalue weighted by molar-refractivity contribution is 7.92. The Morgan fingerprint density at radius 2 is 1.79 bits per heavy atom. The van der Waals surface area contributed by atoms with Crippen LogP contribution in [0.4, 0.5) is 26.3 Å². The first kappa shape index (κ1) is 25.0. The van der Waals surface area contributed by atoms with Gasteiger partial charge >= 0.3 is 12.4 Å². The third-order valence-corrected chi connectivity index (χ3v) is 9.02. The van der Waals surface area contributed by atoms with Gasteiger partial charge in [0, 0.05) is 12.1 Å². The SMILES string of the molecule is CC1(S(=O)(=O)c2cccc(C(F)(F)F)c2)CCOC(c2cc(C(F)(F)F)nn2CC2(N)CC2)C1. The average molecular weight is 511 g/mol. The van der Waals surface area contributed by atoms with Gasteiger partial charge in [0.15, 0.2) is 15.5 Å². The van der Waals surface area contributed by atoms with Crippen LogP contribution in [0.25, 0.3) is 0 Å². The predicted octanol–water partition coefficient (Wildman–Crippen LogP) is 4.50. The summed E-state index contributed by atoms with van der Waals surface area (Å²) in [5.41, 5.74) is 3.17. The molecule has 1 saturated carbocycles. The van der Waals surface area contributed by atoms with Crippen molar-refractivity contribution in [1.29, 1.82) is 0 Å². The molecule has 2 aliphatic rings. The van der Waals surface area contributed by atoms with Crippen molar-refractivity contribution in [2.75, 3.05) is 6.61 Å². The number of halogens is 6. The summed E-state index contributed by atoms with van der Waals surface area (Å²) in [5, 5.41) is 3.65. The van der Waals surface area contributed by atoms with E-state index in [1.807, 2.05) is 0 Å². The molecule has 0 amide bonds. The molecule has 2 N–H and O–H groups in total. The zero-order chi connectivity index (χ0) is 25.2. The number of nitrogens with zero attached hydrogens (tertiary/aromatic N) is 2. The molecule has 2 unspecified atom stereocenters. The molecule has 0 radical (unpaired) electrons. The lowest BCUT2D eigenvalue weighted by Crippen LogP contribution is -2.43. The van der Waals surface area contributed by atoms with E-state index in [9.17, 15) is 34.8 Å². The Hall–Kier alpha value is -2.12. The van der Waals surface area contributed by atoms with E-state index in [-0.39, 0.29) is 31.7 Å². The largest absolute Gasteiger partial charge is 0.435 e. The minimum absolute atomic E-state index is 0.00929. The summed E-state index contributed by atoms with van der Waals surface area (Å²) in [6, 6.07) is 4.25. The molecule has 1 aromatic carbocycles. The predicted molar refractivity (Wildman–Crippen MR) is 108 cm³/mol. The molecule has 1 aliphatic carbocycles. The van der Waals surface area contributed by atoms with Gasteiger partial charge < -0.3 is 10.5 Å². The molecule has 34 heavy (non-hydrogen) atoms. The summed E-state index contributed by atoms with van der Waals surface area (Å²) >= 11 is 0. The topological polar surface area (TPSA) is 87.2 Å². The summed E-state index contributed by atoms with van der Waals surface area (Å²) in [6.07, 6.45) is -9.60. The van der Waals surface area contributed by atoms with Gasteiger partial charge in [-0.15, -0.1) is 0 Å². The number of aromatic nitrogens is 2. The first-order valence-electron chi connectivity index (χ1n) is 10.5. The molecule has 2 aromatic rings. The van der Waals surface area contributed by atoms with Crippen molar-refractivity contribution >= 4 is 9.84 Å². The lowest BCUT2D eigenvalue weighted by Gasteiger charge is -2.38. The van der Waals surface area contributed by atoms with E-state index < -0.39 is 54.7 Å². The van der Waals surface area contributed by atoms with Gasteiger partial charge in [-0.2, -0.15) is 31.4 Å². The maximum absolute atomic E-state index is 13.4. The van der Waals surface area contributed by atoms with Crippen molar-refractivity contribution in [2.24, 2.45) is 5.73 Å². The molecule has 1 saturated heterocycles. The van der Waals surface area contributed by atoms with E-state index in [4.69, 9.17) is 10.5 Å². The Morgan fingerprint density at radius 3 is 2.38 bits per heavy atom. The van der Waals surface area contributed by atoms with Crippen molar-refractivity contribution in [2.45, 2.75) is 72.8 Å². The summed E-state index contributed by atoms with van der Waals surface area (Å²) in [7, 11) is -4.30. The number of nitrogens with two attached hydrogens (primary N) is 1. The molecule has 188 valence electrons. The monoisotopic (exact) mass is 511 g/mol. The highest BCUT2D eigenvalue weighted by Crippen LogP contribution is 2.44. The highest BCUT2D eigenvalue weighted by atomic mass is 32.2. The maximum Gasteiger partial charge on any atom is 0.435 e. The molecule has 0 bridgehead atoms. The van der Waals surface area contributed by atoms with E-state index in [1.165, 1.54) is 6.92 Å². The van der Waals surface area contributed by atoms with E-state index in [2.05, 4.69) is 5.10 Å². The van der Waals surface area contributed by atoms with Crippen LogP contribution in [0.1, 0.15) is 55.7 Å². The minimum Gasteiger partial charge on any atom is -0.372 e. The van der Waals surface area contributed by atoms with E-state index >= 15 is 0 Å². The molecule has 2 fully saturated rings. The summed E-state index contributed by atoms with van der Waals surface area (Å²) < 4.78 is 111. The Labute approximate surface area is 192 Å². The zero-order valence-corrected chi connectivity index (χ0v) is 18.9. The van der Waals surface area contributed by atoms with Crippen LogP contribution in [0.2, 0.25) is 0 Å². The molecule has 1 aliphatic heterocycles. The van der Waals surface area contributed by atoms with Gasteiger partial charge in [0.05, 0.1) is 27.4 Å². The number of hydrogen-bond acceptors (Lipinski definition) is 5. The normalized spacial score (nSPS) is 25.4. The molecule has 6 nitrogen and oxygen atoms in total. The van der Waals surface area contributed by atoms with E-state index in [0.717, 1.165) is 28.9 Å². The van der Waals surface area contributed by atoms with E-state index in [1.54, 1.807) is 0 Å². The van der Waals surface area contributed by atoms with Crippen LogP contribution in [-0.4, -0.2) is 35.1 Å². The van der Waals surface area contributed by atoms with Gasteiger partial charge in [-0.1, -0.05) is 6.07 Å². The molecule has 4 rings (SSSR count). The number of alkyl halides is 6. The molecule has 2 atom stereocenters. The number of benzene rings is 1. The van der Waals surface area contributed by atoms with Gasteiger partial charge in [-0.05, 0) is 56.9 Å². The van der Waals surface area contributed by atoms with Crippen LogP contribution in [-0.2, 0) is 33.5 Å². The third-order valence-electron chi connectivity index (χ3n) is 6.48. The molecular formula is C21H23F6N3O3S. The van der Waals surface area contributed by atoms with Crippen molar-refractivity contribution in [3.05, 3.63) is 47.3 Å². The number of hydrogen-bond donors (Lipinski definition) is 1. The van der Waals surface area contributed by atoms with E-state index in [0.29, 0.717) is 18.9 Å². The van der Waals surface area contributed by atoms with Crippen molar-refractivity contribution in [3.8, 4) is 0 Å². The Morgan fingerprint density at radius 1 is 1.12 bits per heavy atom. The minimum atomic E-state index is -4.73. The zero-order valence-electron chi connectivity index (χ0n) is 18.1. The van der Waals surface area contributed by atoms with Gasteiger partial charge in [-0.3, -0.25) is 4.68 Å². The highest BCUT2D eigenvalue weighted by Gasteiger charge is 2.48. The molecule has 0 spiro atoms. The quantitative estimate of drug-likeness (QED) is 0.598. The lowest BCUT2D eigenvalue weighted by molar-refractivity contribution is -0.141. The number of ether oxygens (including phenoxy) is 1. The van der Waals surface area contributed by atoms with Crippen molar-refractivity contribution < 1.29 is 39.5 Å². The Kier molecular flexibility index (Phi) is 5.84. The smallest absolute Gasteiger partial charge is 0.372 e. The Bertz CT molecular complexity index is 1190. The van der Waals surface area contributed by atoms with Crippen molar-refractivity contribution in [1.82, 2.24) is 9.78 Å². The molecule has 2 heterocycles. The van der Waals surface area contributed by atoms with Gasteiger partial charge in [-0.25, -0.2) is 8.42 Å². The van der Waals surface area contributed by atoms with Crippen LogP contribution in [0, 0.1) is 0 Å².